The summed E-state index contributed by atoms with van der Waals surface area (Å²) in [6.45, 7) is 0. The van der Waals surface area contributed by atoms with Gasteiger partial charge in [0.05, 0.1) is 11.4 Å². The lowest BCUT2D eigenvalue weighted by Crippen LogP contribution is -2.15. The maximum atomic E-state index is 9.27. The number of rotatable bonds is 0. The molecular formula is C8H8N2O. The van der Waals surface area contributed by atoms with Crippen molar-refractivity contribution < 1.29 is 5.21 Å². The molecule has 0 aromatic heterocycles. The lowest BCUT2D eigenvalue weighted by molar-refractivity contribution is 0.295. The number of benzene rings is 1. The lowest BCUT2D eigenvalue weighted by atomic mass is 10.2. The van der Waals surface area contributed by atoms with Crippen LogP contribution in [0.15, 0.2) is 36.7 Å². The number of hydroxylamine groups is 1. The maximum absolute atomic E-state index is 9.27. The Labute approximate surface area is 64.5 Å². The van der Waals surface area contributed by atoms with Gasteiger partial charge >= 0.3 is 0 Å². The number of fused-ring (bicyclic) bond motifs is 1. The van der Waals surface area contributed by atoms with Gasteiger partial charge in [0.25, 0.3) is 0 Å². The molecule has 1 aromatic rings. The Morgan fingerprint density at radius 3 is 2.91 bits per heavy atom. The van der Waals surface area contributed by atoms with Crippen molar-refractivity contribution in [1.29, 1.82) is 0 Å². The molecule has 0 aliphatic carbocycles. The Morgan fingerprint density at radius 2 is 2.09 bits per heavy atom. The monoisotopic (exact) mass is 148 g/mol. The highest BCUT2D eigenvalue weighted by Crippen LogP contribution is 2.26. The number of para-hydroxylation sites is 2. The second kappa shape index (κ2) is 2.29. The molecule has 0 fully saturated rings. The largest absolute Gasteiger partial charge is 0.358 e. The van der Waals surface area contributed by atoms with Crippen molar-refractivity contribution in [3.8, 4) is 0 Å². The normalized spacial score (nSPS) is 14.1. The zero-order chi connectivity index (χ0) is 7.68. The molecule has 1 heterocycles. The first-order chi connectivity index (χ1) is 5.38. The van der Waals surface area contributed by atoms with Gasteiger partial charge < -0.3 is 5.32 Å². The van der Waals surface area contributed by atoms with E-state index in [1.54, 1.807) is 12.4 Å². The van der Waals surface area contributed by atoms with Crippen LogP contribution in [0.2, 0.25) is 0 Å². The van der Waals surface area contributed by atoms with E-state index in [1.807, 2.05) is 24.3 Å². The standard InChI is InChI=1S/C8H8N2O/c11-10-6-5-9-7-3-1-2-4-8(7)10/h1-6,9,11H. The van der Waals surface area contributed by atoms with Gasteiger partial charge in [0, 0.05) is 12.4 Å². The number of nitrogens with one attached hydrogen (secondary N) is 1. The van der Waals surface area contributed by atoms with Crippen LogP contribution in [-0.2, 0) is 0 Å². The van der Waals surface area contributed by atoms with Crippen LogP contribution in [0.3, 0.4) is 0 Å². The van der Waals surface area contributed by atoms with E-state index in [4.69, 9.17) is 0 Å². The van der Waals surface area contributed by atoms with E-state index in [2.05, 4.69) is 5.32 Å². The number of anilines is 2. The molecular weight excluding hydrogens is 140 g/mol. The Kier molecular flexibility index (Phi) is 1.30. The van der Waals surface area contributed by atoms with E-state index >= 15 is 0 Å². The van der Waals surface area contributed by atoms with Crippen LogP contribution in [0.5, 0.6) is 0 Å². The molecule has 1 aliphatic heterocycles. The summed E-state index contributed by atoms with van der Waals surface area (Å²) in [6, 6.07) is 7.54. The van der Waals surface area contributed by atoms with E-state index in [0.717, 1.165) is 16.4 Å². The fourth-order valence-corrected chi connectivity index (χ4v) is 1.07. The second-order valence-electron chi connectivity index (χ2n) is 2.32. The second-order valence-corrected chi connectivity index (χ2v) is 2.32. The van der Waals surface area contributed by atoms with Crippen LogP contribution in [0.1, 0.15) is 0 Å². The zero-order valence-electron chi connectivity index (χ0n) is 5.86. The van der Waals surface area contributed by atoms with Crippen LogP contribution >= 0.6 is 0 Å². The van der Waals surface area contributed by atoms with Gasteiger partial charge in [-0.05, 0) is 12.1 Å². The van der Waals surface area contributed by atoms with Crippen LogP contribution in [-0.4, -0.2) is 5.21 Å². The highest BCUT2D eigenvalue weighted by molar-refractivity contribution is 5.72. The van der Waals surface area contributed by atoms with Gasteiger partial charge in [0.15, 0.2) is 0 Å². The van der Waals surface area contributed by atoms with Crippen molar-refractivity contribution in [2.24, 2.45) is 0 Å². The quantitative estimate of drug-likeness (QED) is 0.588. The fourth-order valence-electron chi connectivity index (χ4n) is 1.07. The minimum atomic E-state index is 0.773. The summed E-state index contributed by atoms with van der Waals surface area (Å²) < 4.78 is 0. The van der Waals surface area contributed by atoms with Gasteiger partial charge in [0.2, 0.25) is 0 Å². The summed E-state index contributed by atoms with van der Waals surface area (Å²) in [5, 5.41) is 13.4. The predicted molar refractivity (Wildman–Crippen MR) is 43.5 cm³/mol. The average molecular weight is 148 g/mol. The van der Waals surface area contributed by atoms with E-state index in [1.165, 1.54) is 0 Å². The summed E-state index contributed by atoms with van der Waals surface area (Å²) >= 11 is 0. The summed E-state index contributed by atoms with van der Waals surface area (Å²) in [5.74, 6) is 0. The molecule has 0 unspecified atom stereocenters. The smallest absolute Gasteiger partial charge is 0.0921 e. The van der Waals surface area contributed by atoms with Crippen LogP contribution in [0.4, 0.5) is 11.4 Å². The molecule has 0 amide bonds. The first-order valence-corrected chi connectivity index (χ1v) is 3.38. The Bertz CT molecular complexity index is 296. The predicted octanol–water partition coefficient (Wildman–Crippen LogP) is 1.78. The van der Waals surface area contributed by atoms with Crippen molar-refractivity contribution in [2.75, 3.05) is 10.4 Å². The topological polar surface area (TPSA) is 35.5 Å². The SMILES string of the molecule is ON1C=CNc2ccccc21. The van der Waals surface area contributed by atoms with Gasteiger partial charge in [-0.1, -0.05) is 12.1 Å². The van der Waals surface area contributed by atoms with Gasteiger partial charge in [-0.3, -0.25) is 5.21 Å². The first kappa shape index (κ1) is 6.24. The van der Waals surface area contributed by atoms with Crippen molar-refractivity contribution in [3.05, 3.63) is 36.7 Å². The third-order valence-corrected chi connectivity index (χ3v) is 1.61. The molecule has 0 atom stereocenters. The molecule has 0 saturated carbocycles. The highest BCUT2D eigenvalue weighted by Gasteiger charge is 2.07. The highest BCUT2D eigenvalue weighted by atomic mass is 16.5. The summed E-state index contributed by atoms with van der Waals surface area (Å²) in [6.07, 6.45) is 3.24. The van der Waals surface area contributed by atoms with Gasteiger partial charge in [-0.15, -0.1) is 0 Å². The molecule has 0 radical (unpaired) electrons. The maximum Gasteiger partial charge on any atom is 0.0921 e. The molecule has 2 N–H and O–H groups in total. The minimum absolute atomic E-state index is 0.773. The molecule has 0 bridgehead atoms. The van der Waals surface area contributed by atoms with E-state index in [9.17, 15) is 5.21 Å². The Balaban J connectivity index is 2.50. The molecule has 1 aliphatic rings. The molecule has 3 nitrogen and oxygen atoms in total. The van der Waals surface area contributed by atoms with E-state index in [-0.39, 0.29) is 0 Å². The summed E-state index contributed by atoms with van der Waals surface area (Å²) in [5.41, 5.74) is 1.69. The van der Waals surface area contributed by atoms with Crippen LogP contribution in [0, 0.1) is 0 Å². The molecule has 3 heteroatoms. The number of nitrogens with zero attached hydrogens (tertiary/aromatic N) is 1. The van der Waals surface area contributed by atoms with Crippen LogP contribution in [0.25, 0.3) is 0 Å². The fraction of sp³-hybridized carbons (Fsp3) is 0. The Morgan fingerprint density at radius 1 is 1.27 bits per heavy atom. The van der Waals surface area contributed by atoms with Crippen molar-refractivity contribution in [1.82, 2.24) is 0 Å². The lowest BCUT2D eigenvalue weighted by Gasteiger charge is -2.20. The van der Waals surface area contributed by atoms with E-state index in [0.29, 0.717) is 0 Å². The molecule has 56 valence electrons. The Hall–Kier alpha value is -1.48. The average Bonchev–Trinajstić information content (AvgIpc) is 2.06. The zero-order valence-corrected chi connectivity index (χ0v) is 5.86. The molecule has 0 saturated heterocycles. The number of hydrogen-bond donors (Lipinski definition) is 2. The van der Waals surface area contributed by atoms with E-state index < -0.39 is 0 Å². The third kappa shape index (κ3) is 0.951. The minimum Gasteiger partial charge on any atom is -0.358 e. The molecule has 11 heavy (non-hydrogen) atoms. The third-order valence-electron chi connectivity index (χ3n) is 1.61. The van der Waals surface area contributed by atoms with Crippen molar-refractivity contribution in [3.63, 3.8) is 0 Å². The van der Waals surface area contributed by atoms with Crippen LogP contribution < -0.4 is 10.4 Å². The molecule has 2 rings (SSSR count). The first-order valence-electron chi connectivity index (χ1n) is 3.38. The number of hydrogen-bond acceptors (Lipinski definition) is 3. The van der Waals surface area contributed by atoms with Gasteiger partial charge in [-0.25, -0.2) is 5.06 Å². The van der Waals surface area contributed by atoms with Gasteiger partial charge in [-0.2, -0.15) is 0 Å². The summed E-state index contributed by atoms with van der Waals surface area (Å²) in [4.78, 5) is 0. The summed E-state index contributed by atoms with van der Waals surface area (Å²) in [7, 11) is 0. The molecule has 1 aromatic carbocycles. The molecule has 0 spiro atoms. The van der Waals surface area contributed by atoms with Crippen molar-refractivity contribution >= 4 is 11.4 Å². The van der Waals surface area contributed by atoms with Gasteiger partial charge in [0.1, 0.15) is 0 Å². The van der Waals surface area contributed by atoms with Crippen molar-refractivity contribution in [2.45, 2.75) is 0 Å².